The number of ether oxygens (including phenoxy) is 1. The number of carbonyl (C=O) groups is 1. The Hall–Kier alpha value is -0.653. The third-order valence-electron chi connectivity index (χ3n) is 1.18. The molecule has 90 valence electrons. The summed E-state index contributed by atoms with van der Waals surface area (Å²) in [5.41, 5.74) is 0.405. The van der Waals surface area contributed by atoms with Crippen LogP contribution in [-0.4, -0.2) is 48.8 Å². The summed E-state index contributed by atoms with van der Waals surface area (Å²) in [6.45, 7) is 6.97. The molecule has 0 aromatic heterocycles. The topological polar surface area (TPSA) is 38.8 Å². The molecule has 0 bridgehead atoms. The lowest BCUT2D eigenvalue weighted by Gasteiger charge is -2.13. The zero-order chi connectivity index (χ0) is 12.4. The first-order valence-corrected chi connectivity index (χ1v) is 5.66. The lowest BCUT2D eigenvalue weighted by molar-refractivity contribution is -0.158. The second-order valence-electron chi connectivity index (χ2n) is 3.60. The Morgan fingerprint density at radius 1 is 1.47 bits per heavy atom. The van der Waals surface area contributed by atoms with E-state index >= 15 is 0 Å². The lowest BCUT2D eigenvalue weighted by Crippen LogP contribution is -2.19. The highest BCUT2D eigenvalue weighted by Gasteiger charge is 2.10. The number of carbonyl (C=O) groups excluding carboxylic acids is 1. The first-order valence-electron chi connectivity index (χ1n) is 4.85. The molecule has 5 heteroatoms. The normalized spacial score (nSPS) is 11.6. The van der Waals surface area contributed by atoms with Gasteiger partial charge in [-0.3, -0.25) is 0 Å². The second-order valence-corrected chi connectivity index (χ2v) is 4.07. The van der Waals surface area contributed by atoms with E-state index in [1.54, 1.807) is 6.92 Å². The molecule has 1 unspecified atom stereocenters. The molecule has 0 aromatic rings. The van der Waals surface area contributed by atoms with Crippen molar-refractivity contribution >= 4 is 16.5 Å². The minimum Gasteiger partial charge on any atom is -0.433 e. The summed E-state index contributed by atoms with van der Waals surface area (Å²) in [5.74, 6) is -0.382. The van der Waals surface area contributed by atoms with Gasteiger partial charge in [0, 0.05) is 12.0 Å². The van der Waals surface area contributed by atoms with Crippen LogP contribution in [0.4, 0.5) is 0 Å². The molecule has 1 atom stereocenters. The Balaban J connectivity index is 0. The molecule has 0 rings (SSSR count). The van der Waals surface area contributed by atoms with Crippen molar-refractivity contribution < 1.29 is 14.0 Å². The van der Waals surface area contributed by atoms with E-state index in [1.807, 2.05) is 33.0 Å². The number of nitrogens with zero attached hydrogens (tertiary/aromatic N) is 1. The van der Waals surface area contributed by atoms with Gasteiger partial charge in [0.1, 0.15) is 0 Å². The largest absolute Gasteiger partial charge is 0.433 e. The van der Waals surface area contributed by atoms with Crippen LogP contribution in [0, 0.1) is 0 Å². The fraction of sp³-hybridized carbons (Fsp3) is 0.700. The third kappa shape index (κ3) is 13.3. The molecule has 0 N–H and O–H groups in total. The van der Waals surface area contributed by atoms with Crippen LogP contribution in [0.2, 0.25) is 0 Å². The zero-order valence-corrected chi connectivity index (χ0v) is 12.7. The van der Waals surface area contributed by atoms with E-state index in [9.17, 15) is 4.79 Å². The third-order valence-corrected chi connectivity index (χ3v) is 1.71. The summed E-state index contributed by atoms with van der Waals surface area (Å²) >= 11 is 0. The number of rotatable bonds is 4. The van der Waals surface area contributed by atoms with Gasteiger partial charge in [0.15, 0.2) is 16.8 Å². The van der Waals surface area contributed by atoms with Gasteiger partial charge in [0.25, 0.3) is 0 Å². The molecule has 0 heterocycles. The molecule has 0 amide bonds. The Kier molecular flexibility index (Phi) is 11.0. The predicted molar refractivity (Wildman–Crippen MR) is 65.6 cm³/mol. The van der Waals surface area contributed by atoms with Gasteiger partial charge in [-0.25, -0.2) is 4.79 Å². The highest BCUT2D eigenvalue weighted by atomic mass is 28.2. The maximum atomic E-state index is 10.9. The summed E-state index contributed by atoms with van der Waals surface area (Å²) in [6, 6.07) is 0. The Morgan fingerprint density at radius 3 is 2.07 bits per heavy atom. The van der Waals surface area contributed by atoms with Gasteiger partial charge in [0.05, 0.1) is 0 Å². The average Bonchev–Trinajstić information content (AvgIpc) is 2.12. The maximum absolute atomic E-state index is 10.9. The molecule has 0 aliphatic rings. The van der Waals surface area contributed by atoms with Crippen LogP contribution in [0.25, 0.3) is 0 Å². The summed E-state index contributed by atoms with van der Waals surface area (Å²) in [4.78, 5) is 12.9. The van der Waals surface area contributed by atoms with Crippen molar-refractivity contribution in [2.75, 3.05) is 21.1 Å². The minimum atomic E-state index is -0.383. The Bertz CT molecular complexity index is 188. The van der Waals surface area contributed by atoms with Crippen LogP contribution in [0.15, 0.2) is 12.2 Å². The summed E-state index contributed by atoms with van der Waals surface area (Å²) in [7, 11) is 6.58. The van der Waals surface area contributed by atoms with Crippen molar-refractivity contribution in [1.29, 1.82) is 0 Å². The SMILES string of the molecule is C=C(C)C(=O)OC(CC)O[SiH3].CN(C)C. The Morgan fingerprint density at radius 2 is 1.87 bits per heavy atom. The average molecular weight is 233 g/mol. The molecule has 0 radical (unpaired) electrons. The molecule has 0 spiro atoms. The summed E-state index contributed by atoms with van der Waals surface area (Å²) in [6.07, 6.45) is 0.300. The van der Waals surface area contributed by atoms with Gasteiger partial charge in [-0.15, -0.1) is 0 Å². The fourth-order valence-electron chi connectivity index (χ4n) is 0.518. The van der Waals surface area contributed by atoms with E-state index in [1.165, 1.54) is 0 Å². The molecule has 0 saturated heterocycles. The minimum absolute atomic E-state index is 0.382. The van der Waals surface area contributed by atoms with E-state index in [2.05, 4.69) is 6.58 Å². The molecule has 15 heavy (non-hydrogen) atoms. The van der Waals surface area contributed by atoms with E-state index in [4.69, 9.17) is 9.16 Å². The highest BCUT2D eigenvalue weighted by molar-refractivity contribution is 5.98. The molecular weight excluding hydrogens is 210 g/mol. The van der Waals surface area contributed by atoms with Crippen molar-refractivity contribution in [2.24, 2.45) is 0 Å². The smallest absolute Gasteiger partial charge is 0.335 e. The van der Waals surface area contributed by atoms with Crippen LogP contribution < -0.4 is 0 Å². The van der Waals surface area contributed by atoms with E-state index in [0.717, 1.165) is 0 Å². The standard InChI is InChI=1S/C7H14O3Si.C3H9N/c1-4-6(10-11)9-7(8)5(2)3;1-4(2)3/h6H,2,4H2,1,3,11H3;1-3H3. The van der Waals surface area contributed by atoms with Crippen molar-refractivity contribution in [3.05, 3.63) is 12.2 Å². The second kappa shape index (κ2) is 9.89. The molecule has 4 nitrogen and oxygen atoms in total. The van der Waals surface area contributed by atoms with E-state index < -0.39 is 0 Å². The van der Waals surface area contributed by atoms with Crippen molar-refractivity contribution in [3.8, 4) is 0 Å². The van der Waals surface area contributed by atoms with Gasteiger partial charge in [0.2, 0.25) is 0 Å². The first kappa shape index (κ1) is 16.8. The van der Waals surface area contributed by atoms with Crippen LogP contribution >= 0.6 is 0 Å². The molecular formula is C10H23NO3Si. The van der Waals surface area contributed by atoms with Crippen LogP contribution in [-0.2, 0) is 14.0 Å². The maximum Gasteiger partial charge on any atom is 0.335 e. The van der Waals surface area contributed by atoms with E-state index in [-0.39, 0.29) is 12.3 Å². The number of hydrogen-bond acceptors (Lipinski definition) is 4. The van der Waals surface area contributed by atoms with Crippen molar-refractivity contribution in [1.82, 2.24) is 4.90 Å². The van der Waals surface area contributed by atoms with Crippen LogP contribution in [0.5, 0.6) is 0 Å². The van der Waals surface area contributed by atoms with Gasteiger partial charge < -0.3 is 14.1 Å². The molecule has 0 aliphatic carbocycles. The quantitative estimate of drug-likeness (QED) is 0.303. The Labute approximate surface area is 95.8 Å². The fourth-order valence-corrected chi connectivity index (χ4v) is 0.948. The summed E-state index contributed by atoms with van der Waals surface area (Å²) in [5, 5.41) is 0. The monoisotopic (exact) mass is 233 g/mol. The summed E-state index contributed by atoms with van der Waals surface area (Å²) < 4.78 is 9.86. The van der Waals surface area contributed by atoms with Gasteiger partial charge >= 0.3 is 5.97 Å². The van der Waals surface area contributed by atoms with Crippen molar-refractivity contribution in [2.45, 2.75) is 26.6 Å². The lowest BCUT2D eigenvalue weighted by atomic mass is 10.3. The zero-order valence-electron chi connectivity index (χ0n) is 10.7. The van der Waals surface area contributed by atoms with E-state index in [0.29, 0.717) is 22.5 Å². The molecule has 0 aliphatic heterocycles. The molecule has 0 saturated carbocycles. The van der Waals surface area contributed by atoms with Gasteiger partial charge in [-0.1, -0.05) is 13.5 Å². The predicted octanol–water partition coefficient (Wildman–Crippen LogP) is 0.317. The molecule has 0 fully saturated rings. The highest BCUT2D eigenvalue weighted by Crippen LogP contribution is 2.01. The van der Waals surface area contributed by atoms with Crippen molar-refractivity contribution in [3.63, 3.8) is 0 Å². The van der Waals surface area contributed by atoms with Gasteiger partial charge in [-0.2, -0.15) is 0 Å². The number of hydrogen-bond donors (Lipinski definition) is 0. The number of esters is 1. The van der Waals surface area contributed by atoms with Crippen LogP contribution in [0.1, 0.15) is 20.3 Å². The van der Waals surface area contributed by atoms with Gasteiger partial charge in [-0.05, 0) is 28.1 Å². The molecule has 0 aromatic carbocycles. The van der Waals surface area contributed by atoms with Crippen LogP contribution in [0.3, 0.4) is 0 Å². The first-order chi connectivity index (χ1) is 6.84.